The Morgan fingerprint density at radius 2 is 1.83 bits per heavy atom. The lowest BCUT2D eigenvalue weighted by Crippen LogP contribution is -1.92. The van der Waals surface area contributed by atoms with Crippen molar-refractivity contribution < 1.29 is 4.74 Å². The fourth-order valence-corrected chi connectivity index (χ4v) is 2.07. The predicted molar refractivity (Wildman–Crippen MR) is 72.4 cm³/mol. The second-order valence-electron chi connectivity index (χ2n) is 4.30. The lowest BCUT2D eigenvalue weighted by Gasteiger charge is -2.05. The van der Waals surface area contributed by atoms with Gasteiger partial charge in [-0.3, -0.25) is 4.57 Å². The Labute approximate surface area is 106 Å². The monoisotopic (exact) mass is 238 g/mol. The Balaban J connectivity index is 2.13. The van der Waals surface area contributed by atoms with Crippen LogP contribution in [-0.2, 0) is 0 Å². The highest BCUT2D eigenvalue weighted by molar-refractivity contribution is 5.78. The average molecular weight is 238 g/mol. The highest BCUT2D eigenvalue weighted by Crippen LogP contribution is 2.21. The molecule has 0 radical (unpaired) electrons. The topological polar surface area (TPSA) is 27.1 Å². The maximum Gasteiger partial charge on any atom is 0.119 e. The number of rotatable bonds is 2. The number of fused-ring (bicyclic) bond motifs is 1. The number of nitrogens with zero attached hydrogens (tertiary/aromatic N) is 2. The molecule has 0 aliphatic rings. The van der Waals surface area contributed by atoms with E-state index in [2.05, 4.69) is 34.7 Å². The minimum absolute atomic E-state index is 0.860. The lowest BCUT2D eigenvalue weighted by molar-refractivity contribution is 0.415. The minimum atomic E-state index is 0.860. The molecule has 1 heterocycles. The maximum absolute atomic E-state index is 5.16. The SMILES string of the molecule is COc1ccc(-n2cnc3cc(C)ccc32)cc1. The number of methoxy groups -OCH3 is 1. The van der Waals surface area contributed by atoms with Crippen molar-refractivity contribution in [1.82, 2.24) is 9.55 Å². The van der Waals surface area contributed by atoms with Gasteiger partial charge in [-0.2, -0.15) is 0 Å². The van der Waals surface area contributed by atoms with Crippen molar-refractivity contribution in [3.05, 3.63) is 54.4 Å². The van der Waals surface area contributed by atoms with Crippen molar-refractivity contribution in [2.24, 2.45) is 0 Å². The van der Waals surface area contributed by atoms with Gasteiger partial charge in [-0.15, -0.1) is 0 Å². The first-order valence-corrected chi connectivity index (χ1v) is 5.86. The van der Waals surface area contributed by atoms with Crippen molar-refractivity contribution >= 4 is 11.0 Å². The quantitative estimate of drug-likeness (QED) is 0.684. The van der Waals surface area contributed by atoms with Crippen LogP contribution >= 0.6 is 0 Å². The molecule has 0 atom stereocenters. The van der Waals surface area contributed by atoms with E-state index >= 15 is 0 Å². The third-order valence-corrected chi connectivity index (χ3v) is 3.05. The van der Waals surface area contributed by atoms with Gasteiger partial charge in [0.2, 0.25) is 0 Å². The Morgan fingerprint density at radius 1 is 1.06 bits per heavy atom. The summed E-state index contributed by atoms with van der Waals surface area (Å²) in [5, 5.41) is 0. The molecule has 0 saturated heterocycles. The maximum atomic E-state index is 5.16. The summed E-state index contributed by atoms with van der Waals surface area (Å²) in [5.41, 5.74) is 4.45. The number of aryl methyl sites for hydroxylation is 1. The molecule has 0 N–H and O–H groups in total. The zero-order valence-corrected chi connectivity index (χ0v) is 10.4. The van der Waals surface area contributed by atoms with Gasteiger partial charge < -0.3 is 4.74 Å². The van der Waals surface area contributed by atoms with Crippen LogP contribution in [0.5, 0.6) is 5.75 Å². The van der Waals surface area contributed by atoms with E-state index in [4.69, 9.17) is 4.74 Å². The van der Waals surface area contributed by atoms with Crippen LogP contribution in [0.4, 0.5) is 0 Å². The Morgan fingerprint density at radius 3 is 2.56 bits per heavy atom. The minimum Gasteiger partial charge on any atom is -0.497 e. The van der Waals surface area contributed by atoms with Crippen molar-refractivity contribution in [3.63, 3.8) is 0 Å². The molecule has 0 aliphatic heterocycles. The van der Waals surface area contributed by atoms with Crippen LogP contribution in [0.2, 0.25) is 0 Å². The van der Waals surface area contributed by atoms with Gasteiger partial charge in [0.25, 0.3) is 0 Å². The zero-order chi connectivity index (χ0) is 12.5. The molecule has 1 aromatic heterocycles. The first-order chi connectivity index (χ1) is 8.78. The molecule has 90 valence electrons. The van der Waals surface area contributed by atoms with Gasteiger partial charge in [0.1, 0.15) is 12.1 Å². The summed E-state index contributed by atoms with van der Waals surface area (Å²) >= 11 is 0. The molecule has 0 spiro atoms. The predicted octanol–water partition coefficient (Wildman–Crippen LogP) is 3.34. The largest absolute Gasteiger partial charge is 0.497 e. The molecule has 0 unspecified atom stereocenters. The second kappa shape index (κ2) is 4.18. The summed E-state index contributed by atoms with van der Waals surface area (Å²) in [4.78, 5) is 4.43. The van der Waals surface area contributed by atoms with Gasteiger partial charge in [-0.1, -0.05) is 6.07 Å². The molecular weight excluding hydrogens is 224 g/mol. The number of ether oxygens (including phenoxy) is 1. The van der Waals surface area contributed by atoms with E-state index in [1.54, 1.807) is 7.11 Å². The van der Waals surface area contributed by atoms with E-state index in [0.29, 0.717) is 0 Å². The van der Waals surface area contributed by atoms with Crippen molar-refractivity contribution in [2.45, 2.75) is 6.92 Å². The molecule has 2 aromatic carbocycles. The van der Waals surface area contributed by atoms with Crippen LogP contribution in [0.15, 0.2) is 48.8 Å². The standard InChI is InChI=1S/C15H14N2O/c1-11-3-8-15-14(9-11)16-10-17(15)12-4-6-13(18-2)7-5-12/h3-10H,1-2H3. The summed E-state index contributed by atoms with van der Waals surface area (Å²) in [6.45, 7) is 2.08. The lowest BCUT2D eigenvalue weighted by atomic mass is 10.2. The van der Waals surface area contributed by atoms with Gasteiger partial charge in [0.05, 0.1) is 18.1 Å². The molecule has 0 aliphatic carbocycles. The third-order valence-electron chi connectivity index (χ3n) is 3.05. The van der Waals surface area contributed by atoms with Crippen molar-refractivity contribution in [1.29, 1.82) is 0 Å². The Hall–Kier alpha value is -2.29. The highest BCUT2D eigenvalue weighted by Gasteiger charge is 2.04. The number of hydrogen-bond donors (Lipinski definition) is 0. The molecule has 3 nitrogen and oxygen atoms in total. The second-order valence-corrected chi connectivity index (χ2v) is 4.30. The van der Waals surface area contributed by atoms with Gasteiger partial charge in [0, 0.05) is 5.69 Å². The van der Waals surface area contributed by atoms with Crippen LogP contribution < -0.4 is 4.74 Å². The van der Waals surface area contributed by atoms with E-state index in [1.165, 1.54) is 5.56 Å². The van der Waals surface area contributed by atoms with Crippen molar-refractivity contribution in [2.75, 3.05) is 7.11 Å². The summed E-state index contributed by atoms with van der Waals surface area (Å²) in [5.74, 6) is 0.860. The Bertz CT molecular complexity index is 683. The van der Waals surface area contributed by atoms with Crippen LogP contribution in [0, 0.1) is 6.92 Å². The van der Waals surface area contributed by atoms with Gasteiger partial charge in [0.15, 0.2) is 0 Å². The normalized spacial score (nSPS) is 10.8. The van der Waals surface area contributed by atoms with Gasteiger partial charge in [-0.05, 0) is 48.9 Å². The van der Waals surface area contributed by atoms with Crippen LogP contribution in [0.3, 0.4) is 0 Å². The highest BCUT2D eigenvalue weighted by atomic mass is 16.5. The van der Waals surface area contributed by atoms with E-state index in [9.17, 15) is 0 Å². The number of aromatic nitrogens is 2. The molecule has 0 bridgehead atoms. The average Bonchev–Trinajstić information content (AvgIpc) is 2.81. The number of hydrogen-bond acceptors (Lipinski definition) is 2. The van der Waals surface area contributed by atoms with Gasteiger partial charge >= 0.3 is 0 Å². The molecular formula is C15H14N2O. The van der Waals surface area contributed by atoms with E-state index in [1.807, 2.05) is 30.6 Å². The summed E-state index contributed by atoms with van der Waals surface area (Å²) < 4.78 is 7.24. The van der Waals surface area contributed by atoms with Crippen molar-refractivity contribution in [3.8, 4) is 11.4 Å². The fourth-order valence-electron chi connectivity index (χ4n) is 2.07. The van der Waals surface area contributed by atoms with Crippen LogP contribution in [0.25, 0.3) is 16.7 Å². The molecule has 3 aromatic rings. The van der Waals surface area contributed by atoms with E-state index in [0.717, 1.165) is 22.5 Å². The third kappa shape index (κ3) is 1.74. The van der Waals surface area contributed by atoms with E-state index in [-0.39, 0.29) is 0 Å². The van der Waals surface area contributed by atoms with E-state index < -0.39 is 0 Å². The molecule has 0 amide bonds. The number of imidazole rings is 1. The zero-order valence-electron chi connectivity index (χ0n) is 10.4. The van der Waals surface area contributed by atoms with Gasteiger partial charge in [-0.25, -0.2) is 4.98 Å². The molecule has 3 heteroatoms. The molecule has 3 rings (SSSR count). The fraction of sp³-hybridized carbons (Fsp3) is 0.133. The molecule has 18 heavy (non-hydrogen) atoms. The number of benzene rings is 2. The van der Waals surface area contributed by atoms with Crippen LogP contribution in [-0.4, -0.2) is 16.7 Å². The van der Waals surface area contributed by atoms with Crippen LogP contribution in [0.1, 0.15) is 5.56 Å². The summed E-state index contributed by atoms with van der Waals surface area (Å²) in [6, 6.07) is 14.3. The first kappa shape index (κ1) is 10.8. The summed E-state index contributed by atoms with van der Waals surface area (Å²) in [7, 11) is 1.67. The molecule has 0 saturated carbocycles. The smallest absolute Gasteiger partial charge is 0.119 e. The first-order valence-electron chi connectivity index (χ1n) is 5.86. The Kier molecular flexibility index (Phi) is 2.52. The summed E-state index contributed by atoms with van der Waals surface area (Å²) in [6.07, 6.45) is 1.85. The molecule has 0 fully saturated rings.